The van der Waals surface area contributed by atoms with Crippen molar-refractivity contribution in [3.8, 4) is 0 Å². The molecule has 1 aromatic carbocycles. The first-order chi connectivity index (χ1) is 9.79. The Labute approximate surface area is 154 Å². The van der Waals surface area contributed by atoms with E-state index in [0.717, 1.165) is 24.6 Å². The molecule has 1 saturated heterocycles. The number of fused-ring (bicyclic) bond motifs is 1. The molecular weight excluding hydrogens is 337 g/mol. The fourth-order valence-corrected chi connectivity index (χ4v) is 2.61. The van der Waals surface area contributed by atoms with Crippen molar-refractivity contribution in [3.63, 3.8) is 0 Å². The van der Waals surface area contributed by atoms with Gasteiger partial charge in [-0.15, -0.1) is 11.6 Å². The zero-order valence-corrected chi connectivity index (χ0v) is 16.1. The van der Waals surface area contributed by atoms with Crippen molar-refractivity contribution in [3.05, 3.63) is 29.8 Å². The summed E-state index contributed by atoms with van der Waals surface area (Å²) in [5.74, 6) is 0.922. The molecule has 1 fully saturated rings. The summed E-state index contributed by atoms with van der Waals surface area (Å²) in [6, 6.07) is 8.12. The second-order valence-corrected chi connectivity index (χ2v) is 5.60. The SMILES string of the molecule is COCCC1CCN(C)CC1.[C-]1=Nc2ccccc2C1.[Y]. The van der Waals surface area contributed by atoms with Crippen molar-refractivity contribution in [2.75, 3.05) is 33.9 Å². The van der Waals surface area contributed by atoms with Crippen molar-refractivity contribution in [1.82, 2.24) is 4.90 Å². The molecular formula is C17H25N2OY-. The quantitative estimate of drug-likeness (QED) is 0.772. The zero-order chi connectivity index (χ0) is 14.2. The molecule has 4 heteroatoms. The predicted molar refractivity (Wildman–Crippen MR) is 84.0 cm³/mol. The van der Waals surface area contributed by atoms with E-state index in [0.29, 0.717) is 0 Å². The Morgan fingerprint density at radius 1 is 1.29 bits per heavy atom. The van der Waals surface area contributed by atoms with Gasteiger partial charge in [-0.25, -0.2) is 0 Å². The largest absolute Gasteiger partial charge is 0.456 e. The van der Waals surface area contributed by atoms with Crippen LogP contribution in [0.5, 0.6) is 0 Å². The second-order valence-electron chi connectivity index (χ2n) is 5.60. The van der Waals surface area contributed by atoms with Crippen LogP contribution in [-0.2, 0) is 43.9 Å². The Kier molecular flexibility index (Phi) is 9.58. The van der Waals surface area contributed by atoms with Gasteiger partial charge in [0.05, 0.1) is 0 Å². The summed E-state index contributed by atoms with van der Waals surface area (Å²) < 4.78 is 5.06. The monoisotopic (exact) mass is 362 g/mol. The number of methoxy groups -OCH3 is 1. The van der Waals surface area contributed by atoms with Crippen LogP contribution in [0.2, 0.25) is 0 Å². The average Bonchev–Trinajstić information content (AvgIpc) is 2.96. The van der Waals surface area contributed by atoms with Gasteiger partial charge in [-0.1, -0.05) is 30.3 Å². The molecule has 0 aromatic heterocycles. The summed E-state index contributed by atoms with van der Waals surface area (Å²) in [7, 11) is 3.99. The van der Waals surface area contributed by atoms with E-state index in [4.69, 9.17) is 4.74 Å². The fourth-order valence-electron chi connectivity index (χ4n) is 2.61. The number of piperidine rings is 1. The van der Waals surface area contributed by atoms with Crippen molar-refractivity contribution in [2.45, 2.75) is 25.7 Å². The molecule has 2 heterocycles. The van der Waals surface area contributed by atoms with E-state index in [-0.39, 0.29) is 32.7 Å². The number of aliphatic imine (C=N–C) groups is 1. The van der Waals surface area contributed by atoms with Gasteiger partial charge in [0.1, 0.15) is 0 Å². The van der Waals surface area contributed by atoms with Crippen molar-refractivity contribution >= 4 is 11.9 Å². The van der Waals surface area contributed by atoms with Crippen LogP contribution < -0.4 is 0 Å². The van der Waals surface area contributed by atoms with Crippen LogP contribution in [0.15, 0.2) is 29.3 Å². The van der Waals surface area contributed by atoms with Gasteiger partial charge in [-0.2, -0.15) is 6.21 Å². The van der Waals surface area contributed by atoms with Gasteiger partial charge in [0, 0.05) is 46.4 Å². The number of benzene rings is 1. The van der Waals surface area contributed by atoms with Crippen LogP contribution in [0.25, 0.3) is 0 Å². The van der Waals surface area contributed by atoms with Crippen LogP contribution in [0, 0.1) is 5.92 Å². The third kappa shape index (κ3) is 6.69. The molecule has 0 aliphatic carbocycles. The number of nitrogens with zero attached hydrogens (tertiary/aromatic N) is 2. The third-order valence-electron chi connectivity index (χ3n) is 4.03. The first-order valence-electron chi connectivity index (χ1n) is 7.48. The number of rotatable bonds is 3. The molecule has 0 amide bonds. The predicted octanol–water partition coefficient (Wildman–Crippen LogP) is 3.18. The van der Waals surface area contributed by atoms with Crippen molar-refractivity contribution in [1.29, 1.82) is 0 Å². The molecule has 0 bridgehead atoms. The van der Waals surface area contributed by atoms with Gasteiger partial charge in [-0.05, 0) is 45.3 Å². The first-order valence-corrected chi connectivity index (χ1v) is 7.48. The summed E-state index contributed by atoms with van der Waals surface area (Å²) in [4.78, 5) is 6.46. The Morgan fingerprint density at radius 3 is 2.67 bits per heavy atom. The van der Waals surface area contributed by atoms with Crippen LogP contribution in [-0.4, -0.2) is 45.0 Å². The maximum atomic E-state index is 5.06. The Morgan fingerprint density at radius 2 is 2.00 bits per heavy atom. The maximum Gasteiger partial charge on any atom is 0.0464 e. The van der Waals surface area contributed by atoms with E-state index in [1.807, 2.05) is 18.2 Å². The smallest absolute Gasteiger partial charge is 0.0464 e. The van der Waals surface area contributed by atoms with Crippen LogP contribution in [0.3, 0.4) is 0 Å². The molecule has 2 aliphatic rings. The third-order valence-corrected chi connectivity index (χ3v) is 4.03. The van der Waals surface area contributed by atoms with Gasteiger partial charge in [0.15, 0.2) is 0 Å². The number of ether oxygens (including phenoxy) is 1. The van der Waals surface area contributed by atoms with Gasteiger partial charge in [0.2, 0.25) is 0 Å². The van der Waals surface area contributed by atoms with Crippen molar-refractivity contribution in [2.24, 2.45) is 10.9 Å². The Bertz CT molecular complexity index is 426. The molecule has 0 N–H and O–H groups in total. The number of hydrogen-bond donors (Lipinski definition) is 0. The molecule has 1 aromatic rings. The molecule has 2 aliphatic heterocycles. The van der Waals surface area contributed by atoms with E-state index in [9.17, 15) is 0 Å². The number of para-hydroxylation sites is 1. The molecule has 113 valence electrons. The minimum atomic E-state index is 0. The van der Waals surface area contributed by atoms with E-state index < -0.39 is 0 Å². The second kappa shape index (κ2) is 10.6. The van der Waals surface area contributed by atoms with E-state index >= 15 is 0 Å². The average molecular weight is 362 g/mol. The van der Waals surface area contributed by atoms with Crippen LogP contribution >= 0.6 is 0 Å². The normalized spacial score (nSPS) is 17.6. The van der Waals surface area contributed by atoms with Gasteiger partial charge in [-0.3, -0.25) is 0 Å². The van der Waals surface area contributed by atoms with Gasteiger partial charge in [0.25, 0.3) is 0 Å². The molecule has 3 nitrogen and oxygen atoms in total. The molecule has 0 spiro atoms. The molecule has 3 rings (SSSR count). The number of hydrogen-bond acceptors (Lipinski definition) is 3. The van der Waals surface area contributed by atoms with Crippen LogP contribution in [0.1, 0.15) is 24.8 Å². The summed E-state index contributed by atoms with van der Waals surface area (Å²) >= 11 is 0. The summed E-state index contributed by atoms with van der Waals surface area (Å²) in [6.45, 7) is 3.48. The Hall–Kier alpha value is -0.0861. The van der Waals surface area contributed by atoms with Crippen molar-refractivity contribution < 1.29 is 37.4 Å². The van der Waals surface area contributed by atoms with Gasteiger partial charge < -0.3 is 14.6 Å². The van der Waals surface area contributed by atoms with E-state index in [1.54, 1.807) is 7.11 Å². The zero-order valence-electron chi connectivity index (χ0n) is 13.2. The molecule has 0 unspecified atom stereocenters. The van der Waals surface area contributed by atoms with E-state index in [2.05, 4.69) is 29.2 Å². The fraction of sp³-hybridized carbons (Fsp3) is 0.588. The molecule has 1 radical (unpaired) electrons. The van der Waals surface area contributed by atoms with Gasteiger partial charge >= 0.3 is 0 Å². The number of likely N-dealkylation sites (tertiary alicyclic amines) is 1. The minimum absolute atomic E-state index is 0. The summed E-state index contributed by atoms with van der Waals surface area (Å²) in [5, 5.41) is 0. The minimum Gasteiger partial charge on any atom is -0.456 e. The molecule has 0 atom stereocenters. The van der Waals surface area contributed by atoms with Crippen LogP contribution in [0.4, 0.5) is 5.69 Å². The topological polar surface area (TPSA) is 24.8 Å². The summed E-state index contributed by atoms with van der Waals surface area (Å²) in [6.07, 6.45) is 7.77. The Balaban J connectivity index is 0.000000203. The molecule has 0 saturated carbocycles. The first kappa shape index (κ1) is 19.0. The molecule has 21 heavy (non-hydrogen) atoms. The standard InChI is InChI=1S/C9H19NO.C8H6N.Y/c1-10-6-3-9(4-7-10)5-8-11-2;1-2-4-8-7(3-1)5-6-9-8;/h9H,3-8H2,1-2H3;1-4H,5H2;/q;-1;. The maximum absolute atomic E-state index is 5.06. The van der Waals surface area contributed by atoms with E-state index in [1.165, 1.54) is 37.9 Å². The summed E-state index contributed by atoms with van der Waals surface area (Å²) in [5.41, 5.74) is 2.37.